The molecular weight excluding hydrogens is 632 g/mol. The van der Waals surface area contributed by atoms with Crippen molar-refractivity contribution in [3.63, 3.8) is 0 Å². The molecule has 3 N–H and O–H groups in total. The zero-order valence-corrected chi connectivity index (χ0v) is 30.4. The summed E-state index contributed by atoms with van der Waals surface area (Å²) in [6.45, 7) is 13.3. The van der Waals surface area contributed by atoms with Gasteiger partial charge in [-0.15, -0.1) is 0 Å². The lowest BCUT2D eigenvalue weighted by atomic mass is 9.91. The summed E-state index contributed by atoms with van der Waals surface area (Å²) >= 11 is 0. The van der Waals surface area contributed by atoms with Crippen LogP contribution in [0.4, 0.5) is 0 Å². The van der Waals surface area contributed by atoms with Crippen molar-refractivity contribution in [3.05, 3.63) is 87.1 Å². The second kappa shape index (κ2) is 14.4. The maximum Gasteiger partial charge on any atom is 0.293 e. The van der Waals surface area contributed by atoms with E-state index >= 15 is 0 Å². The zero-order valence-electron chi connectivity index (χ0n) is 30.4. The van der Waals surface area contributed by atoms with Crippen molar-refractivity contribution in [1.29, 1.82) is 0 Å². The largest absolute Gasteiger partial charge is 0.388 e. The van der Waals surface area contributed by atoms with Crippen LogP contribution in [0.15, 0.2) is 58.3 Å². The summed E-state index contributed by atoms with van der Waals surface area (Å²) in [5.74, 6) is -0.131. The van der Waals surface area contributed by atoms with Gasteiger partial charge in [0.05, 0.1) is 23.5 Å². The van der Waals surface area contributed by atoms with Crippen molar-refractivity contribution in [1.82, 2.24) is 24.6 Å². The molecule has 2 aromatic carbocycles. The van der Waals surface area contributed by atoms with Crippen LogP contribution in [0, 0.1) is 12.8 Å². The van der Waals surface area contributed by atoms with Crippen molar-refractivity contribution in [2.45, 2.75) is 130 Å². The first-order chi connectivity index (χ1) is 23.8. The van der Waals surface area contributed by atoms with Crippen molar-refractivity contribution in [3.8, 4) is 11.1 Å². The molecule has 6 rings (SSSR count). The third-order valence-corrected chi connectivity index (χ3v) is 10.2. The summed E-state index contributed by atoms with van der Waals surface area (Å²) in [5.41, 5.74) is 7.35. The molecule has 1 aliphatic heterocycles. The maximum absolute atomic E-state index is 14.6. The van der Waals surface area contributed by atoms with Gasteiger partial charge in [-0.1, -0.05) is 82.6 Å². The number of hydroxylamine groups is 1. The molecule has 0 saturated heterocycles. The number of aromatic nitrogens is 4. The lowest BCUT2D eigenvalue weighted by molar-refractivity contribution is -0.230. The Labute approximate surface area is 294 Å². The first-order valence-corrected chi connectivity index (χ1v) is 18.1. The summed E-state index contributed by atoms with van der Waals surface area (Å²) in [6.07, 6.45) is 5.79. The highest BCUT2D eigenvalue weighted by molar-refractivity contribution is 6.04. The number of aryl methyl sites for hydroxylation is 2. The van der Waals surface area contributed by atoms with E-state index in [0.717, 1.165) is 72.0 Å². The lowest BCUT2D eigenvalue weighted by Crippen LogP contribution is -2.41. The fourth-order valence-electron chi connectivity index (χ4n) is 7.30. The summed E-state index contributed by atoms with van der Waals surface area (Å²) in [4.78, 5) is 29.3. The molecule has 4 aromatic rings. The summed E-state index contributed by atoms with van der Waals surface area (Å²) < 4.78 is 10.2. The van der Waals surface area contributed by atoms with E-state index in [1.54, 1.807) is 13.8 Å². The molecule has 50 heavy (non-hydrogen) atoms. The van der Waals surface area contributed by atoms with Crippen molar-refractivity contribution in [2.24, 2.45) is 10.9 Å². The number of benzene rings is 2. The van der Waals surface area contributed by atoms with Gasteiger partial charge in [-0.25, -0.2) is 19.8 Å². The van der Waals surface area contributed by atoms with Gasteiger partial charge in [0, 0.05) is 29.5 Å². The van der Waals surface area contributed by atoms with E-state index < -0.39 is 11.5 Å². The topological polar surface area (TPSA) is 136 Å². The van der Waals surface area contributed by atoms with E-state index in [9.17, 15) is 15.0 Å². The van der Waals surface area contributed by atoms with Gasteiger partial charge in [0.2, 0.25) is 5.78 Å². The molecule has 11 heteroatoms. The predicted octanol–water partition coefficient (Wildman–Crippen LogP) is 6.04. The summed E-state index contributed by atoms with van der Waals surface area (Å²) in [7, 11) is 0. The van der Waals surface area contributed by atoms with E-state index in [4.69, 9.17) is 19.7 Å². The Morgan fingerprint density at radius 2 is 1.74 bits per heavy atom. The molecule has 268 valence electrons. The first-order valence-electron chi connectivity index (χ1n) is 18.1. The van der Waals surface area contributed by atoms with Crippen LogP contribution in [-0.4, -0.2) is 58.9 Å². The average molecular weight is 685 g/mol. The molecular formula is C39H52N6O5. The van der Waals surface area contributed by atoms with Gasteiger partial charge in [-0.2, -0.15) is 10.1 Å². The average Bonchev–Trinajstić information content (AvgIpc) is 3.69. The van der Waals surface area contributed by atoms with Gasteiger partial charge in [0.25, 0.3) is 11.5 Å². The molecule has 0 spiro atoms. The molecule has 1 aliphatic carbocycles. The van der Waals surface area contributed by atoms with E-state index in [2.05, 4.69) is 41.7 Å². The highest BCUT2D eigenvalue weighted by atomic mass is 16.8. The number of amidine groups is 1. The molecule has 0 amide bonds. The Kier molecular flexibility index (Phi) is 10.3. The molecule has 3 heterocycles. The van der Waals surface area contributed by atoms with E-state index in [1.165, 1.54) is 0 Å². The smallest absolute Gasteiger partial charge is 0.293 e. The Hall–Kier alpha value is -3.90. The molecule has 1 saturated carbocycles. The Bertz CT molecular complexity index is 1900. The zero-order chi connectivity index (χ0) is 35.8. The van der Waals surface area contributed by atoms with Crippen LogP contribution in [0.2, 0.25) is 0 Å². The van der Waals surface area contributed by atoms with Gasteiger partial charge in [0.15, 0.2) is 5.84 Å². The minimum absolute atomic E-state index is 0.00183. The quantitative estimate of drug-likeness (QED) is 0.164. The second-order valence-corrected chi connectivity index (χ2v) is 14.7. The Morgan fingerprint density at radius 3 is 2.34 bits per heavy atom. The lowest BCUT2D eigenvalue weighted by Gasteiger charge is -2.36. The van der Waals surface area contributed by atoms with Crippen LogP contribution in [0.3, 0.4) is 0 Å². The van der Waals surface area contributed by atoms with Gasteiger partial charge in [-0.05, 0) is 76.0 Å². The summed E-state index contributed by atoms with van der Waals surface area (Å²) in [5, 5.41) is 26.1. The number of hydrogen-bond acceptors (Lipinski definition) is 9. The van der Waals surface area contributed by atoms with Crippen LogP contribution in [-0.2, 0) is 22.4 Å². The molecule has 2 atom stereocenters. The van der Waals surface area contributed by atoms with E-state index in [1.807, 2.05) is 61.0 Å². The number of aliphatic imine (C=N–C) groups is 1. The monoisotopic (exact) mass is 684 g/mol. The molecule has 0 bridgehead atoms. The number of nitrogens with zero attached hydrogens (tertiary/aromatic N) is 5. The van der Waals surface area contributed by atoms with Crippen molar-refractivity contribution in [2.75, 3.05) is 0 Å². The Morgan fingerprint density at radius 1 is 1.06 bits per heavy atom. The SMILES string of the molecule is CCCc1c(Cc2ccc(-c3ccccc3C3=NC(O)(C(C)C)ON3)cc2)c(=O)n(C2CCC(OC(CC)C(C)(C)O)CC2)c2nc(C)nn12. The molecule has 2 unspecified atom stereocenters. The minimum atomic E-state index is -1.62. The second-order valence-electron chi connectivity index (χ2n) is 14.7. The minimum Gasteiger partial charge on any atom is -0.388 e. The predicted molar refractivity (Wildman–Crippen MR) is 194 cm³/mol. The normalized spacial score (nSPS) is 21.8. The van der Waals surface area contributed by atoms with E-state index in [0.29, 0.717) is 30.3 Å². The van der Waals surface area contributed by atoms with Crippen molar-refractivity contribution >= 4 is 11.6 Å². The third kappa shape index (κ3) is 7.14. The standard InChI is InChI=1S/C39H52N6O5/c1-8-12-33-32(23-26-15-17-27(18-16-26)30-13-10-11-14-31(30)35-41-39(48,24(3)4)50-43-35)36(46)44(37-40-25(5)42-45(33)37)28-19-21-29(22-20-28)49-34(9-2)38(6,7)47/h10-11,13-18,24,28-29,34,47-48H,8-9,12,19-23H2,1-7H3,(H,41,43). The molecule has 0 radical (unpaired) electrons. The first kappa shape index (κ1) is 35.9. The van der Waals surface area contributed by atoms with Crippen molar-refractivity contribution < 1.29 is 19.8 Å². The molecule has 2 aromatic heterocycles. The number of aliphatic hydroxyl groups is 2. The molecule has 2 aliphatic rings. The molecule has 1 fully saturated rings. The molecule has 11 nitrogen and oxygen atoms in total. The van der Waals surface area contributed by atoms with E-state index in [-0.39, 0.29) is 29.7 Å². The third-order valence-electron chi connectivity index (χ3n) is 10.2. The number of fused-ring (bicyclic) bond motifs is 1. The van der Waals surface area contributed by atoms with Gasteiger partial charge in [0.1, 0.15) is 5.82 Å². The number of rotatable bonds is 12. The maximum atomic E-state index is 14.6. The Balaban J connectivity index is 1.30. The van der Waals surface area contributed by atoms with Crippen LogP contribution in [0.1, 0.15) is 114 Å². The van der Waals surface area contributed by atoms with Gasteiger partial charge >= 0.3 is 0 Å². The van der Waals surface area contributed by atoms with Crippen LogP contribution < -0.4 is 11.0 Å². The van der Waals surface area contributed by atoms with Crippen LogP contribution in [0.5, 0.6) is 0 Å². The highest BCUT2D eigenvalue weighted by Crippen LogP contribution is 2.34. The number of ether oxygens (including phenoxy) is 1. The fourth-order valence-corrected chi connectivity index (χ4v) is 7.30. The van der Waals surface area contributed by atoms with Gasteiger partial charge < -0.3 is 14.9 Å². The van der Waals surface area contributed by atoms with Gasteiger partial charge in [-0.3, -0.25) is 9.36 Å². The fraction of sp³-hybridized carbons (Fsp3) is 0.538. The number of hydrogen-bond donors (Lipinski definition) is 3. The summed E-state index contributed by atoms with van der Waals surface area (Å²) in [6, 6.07) is 16.1. The number of nitrogens with one attached hydrogen (secondary N) is 1. The van der Waals surface area contributed by atoms with Crippen LogP contribution in [0.25, 0.3) is 16.9 Å². The highest BCUT2D eigenvalue weighted by Gasteiger charge is 2.39. The van der Waals surface area contributed by atoms with Crippen LogP contribution >= 0.6 is 0 Å².